The summed E-state index contributed by atoms with van der Waals surface area (Å²) < 4.78 is 0. The van der Waals surface area contributed by atoms with Crippen molar-refractivity contribution >= 4 is 5.91 Å². The molecule has 1 fully saturated rings. The molecule has 0 spiro atoms. The maximum Gasteiger partial charge on any atom is 0.221 e. The van der Waals surface area contributed by atoms with Crippen molar-refractivity contribution < 1.29 is 9.90 Å². The molecular weight excluding hydrogens is 192 g/mol. The van der Waals surface area contributed by atoms with Gasteiger partial charge in [-0.3, -0.25) is 4.79 Å². The normalized spacial score (nSPS) is 19.7. The van der Waals surface area contributed by atoms with Gasteiger partial charge in [0.15, 0.2) is 0 Å². The third-order valence-corrected chi connectivity index (χ3v) is 2.85. The van der Waals surface area contributed by atoms with Gasteiger partial charge in [-0.05, 0) is 38.5 Å². The summed E-state index contributed by atoms with van der Waals surface area (Å²) in [4.78, 5) is 11.5. The molecule has 88 valence electrons. The molecule has 0 heterocycles. The third-order valence-electron chi connectivity index (χ3n) is 2.85. The zero-order valence-electron chi connectivity index (χ0n) is 9.41. The minimum absolute atomic E-state index is 0.0371. The number of hydrogen-bond donors (Lipinski definition) is 3. The molecule has 0 radical (unpaired) electrons. The van der Waals surface area contributed by atoms with Gasteiger partial charge in [0, 0.05) is 25.1 Å². The zero-order chi connectivity index (χ0) is 11.3. The van der Waals surface area contributed by atoms with Gasteiger partial charge < -0.3 is 16.2 Å². The van der Waals surface area contributed by atoms with E-state index in [0.29, 0.717) is 12.3 Å². The number of aliphatic hydroxyl groups is 1. The Hall–Kier alpha value is -0.610. The summed E-state index contributed by atoms with van der Waals surface area (Å²) in [6.45, 7) is 2.14. The maximum atomic E-state index is 11.5. The first-order valence-corrected chi connectivity index (χ1v) is 5.79. The van der Waals surface area contributed by atoms with Gasteiger partial charge in [0.25, 0.3) is 0 Å². The maximum absolute atomic E-state index is 11.5. The lowest BCUT2D eigenvalue weighted by molar-refractivity contribution is -0.122. The number of aliphatic hydroxyl groups excluding tert-OH is 1. The lowest BCUT2D eigenvalue weighted by atomic mass is 10.1. The summed E-state index contributed by atoms with van der Waals surface area (Å²) in [7, 11) is 0. The molecule has 0 aliphatic heterocycles. The van der Waals surface area contributed by atoms with Crippen LogP contribution in [0.4, 0.5) is 0 Å². The average molecular weight is 214 g/mol. The fourth-order valence-electron chi connectivity index (χ4n) is 1.71. The minimum atomic E-state index is 0.0371. The molecule has 2 unspecified atom stereocenters. The predicted octanol–water partition coefficient (Wildman–Crippen LogP) is 0.391. The fourth-order valence-corrected chi connectivity index (χ4v) is 1.71. The Bertz CT molecular complexity index is 205. The molecule has 0 saturated heterocycles. The predicted molar refractivity (Wildman–Crippen MR) is 59.2 cm³/mol. The standard InChI is InChI=1S/C11H22N2O2/c1-8(3-2-6-14)13-11(15)7-10(12)9-4-5-9/h8-10,14H,2-7,12H2,1H3,(H,13,15). The van der Waals surface area contributed by atoms with E-state index in [1.807, 2.05) is 6.92 Å². The SMILES string of the molecule is CC(CCCO)NC(=O)CC(N)C1CC1. The Morgan fingerprint density at radius 2 is 2.27 bits per heavy atom. The molecule has 4 N–H and O–H groups in total. The van der Waals surface area contributed by atoms with Crippen LogP contribution in [0.1, 0.15) is 39.0 Å². The minimum Gasteiger partial charge on any atom is -0.396 e. The summed E-state index contributed by atoms with van der Waals surface area (Å²) in [6.07, 6.45) is 4.34. The third kappa shape index (κ3) is 5.14. The van der Waals surface area contributed by atoms with Crippen molar-refractivity contribution in [3.05, 3.63) is 0 Å². The summed E-state index contributed by atoms with van der Waals surface area (Å²) in [5, 5.41) is 11.5. The van der Waals surface area contributed by atoms with Crippen molar-refractivity contribution in [3.63, 3.8) is 0 Å². The molecule has 1 saturated carbocycles. The highest BCUT2D eigenvalue weighted by Crippen LogP contribution is 2.32. The summed E-state index contributed by atoms with van der Waals surface area (Å²) in [5.74, 6) is 0.614. The van der Waals surface area contributed by atoms with Crippen LogP contribution in [0.15, 0.2) is 0 Å². The Morgan fingerprint density at radius 3 is 2.80 bits per heavy atom. The van der Waals surface area contributed by atoms with Gasteiger partial charge in [0.2, 0.25) is 5.91 Å². The quantitative estimate of drug-likeness (QED) is 0.574. The van der Waals surface area contributed by atoms with Crippen molar-refractivity contribution in [2.75, 3.05) is 6.61 Å². The van der Waals surface area contributed by atoms with E-state index >= 15 is 0 Å². The summed E-state index contributed by atoms with van der Waals surface area (Å²) >= 11 is 0. The lowest BCUT2D eigenvalue weighted by Gasteiger charge is -2.15. The van der Waals surface area contributed by atoms with Gasteiger partial charge in [-0.15, -0.1) is 0 Å². The first kappa shape index (κ1) is 12.5. The van der Waals surface area contributed by atoms with E-state index in [1.54, 1.807) is 0 Å². The molecule has 4 nitrogen and oxygen atoms in total. The Balaban J connectivity index is 2.10. The second-order valence-electron chi connectivity index (χ2n) is 4.54. The Labute approximate surface area is 91.2 Å². The highest BCUT2D eigenvalue weighted by molar-refractivity contribution is 5.76. The van der Waals surface area contributed by atoms with Crippen molar-refractivity contribution in [3.8, 4) is 0 Å². The number of nitrogens with two attached hydrogens (primary N) is 1. The van der Waals surface area contributed by atoms with E-state index < -0.39 is 0 Å². The molecule has 0 aromatic rings. The number of nitrogens with one attached hydrogen (secondary N) is 1. The number of rotatable bonds is 7. The second kappa shape index (κ2) is 6.08. The van der Waals surface area contributed by atoms with Gasteiger partial charge in [0.05, 0.1) is 0 Å². The first-order chi connectivity index (χ1) is 7.13. The van der Waals surface area contributed by atoms with Gasteiger partial charge in [-0.1, -0.05) is 0 Å². The average Bonchev–Trinajstić information content (AvgIpc) is 2.97. The molecule has 0 bridgehead atoms. The number of carbonyl (C=O) groups is 1. The van der Waals surface area contributed by atoms with E-state index in [2.05, 4.69) is 5.32 Å². The van der Waals surface area contributed by atoms with E-state index in [-0.39, 0.29) is 24.6 Å². The summed E-state index contributed by atoms with van der Waals surface area (Å²) in [5.41, 5.74) is 5.85. The van der Waals surface area contributed by atoms with E-state index in [0.717, 1.165) is 12.8 Å². The van der Waals surface area contributed by atoms with Crippen molar-refractivity contribution in [1.29, 1.82) is 0 Å². The smallest absolute Gasteiger partial charge is 0.221 e. The molecule has 0 aromatic heterocycles. The lowest BCUT2D eigenvalue weighted by Crippen LogP contribution is -2.37. The van der Waals surface area contributed by atoms with Crippen LogP contribution in [0.2, 0.25) is 0 Å². The first-order valence-electron chi connectivity index (χ1n) is 5.79. The van der Waals surface area contributed by atoms with E-state index in [1.165, 1.54) is 12.8 Å². The van der Waals surface area contributed by atoms with Crippen LogP contribution in [-0.2, 0) is 4.79 Å². The topological polar surface area (TPSA) is 75.3 Å². The largest absolute Gasteiger partial charge is 0.396 e. The molecule has 1 aliphatic rings. The molecule has 0 aromatic carbocycles. The van der Waals surface area contributed by atoms with Crippen LogP contribution in [0.25, 0.3) is 0 Å². The van der Waals surface area contributed by atoms with Gasteiger partial charge in [0.1, 0.15) is 0 Å². The van der Waals surface area contributed by atoms with Gasteiger partial charge >= 0.3 is 0 Å². The number of amides is 1. The molecule has 4 heteroatoms. The Morgan fingerprint density at radius 1 is 1.60 bits per heavy atom. The van der Waals surface area contributed by atoms with Crippen LogP contribution < -0.4 is 11.1 Å². The van der Waals surface area contributed by atoms with Crippen molar-refractivity contribution in [2.24, 2.45) is 11.7 Å². The van der Waals surface area contributed by atoms with Crippen LogP contribution in [-0.4, -0.2) is 29.7 Å². The molecule has 1 rings (SSSR count). The van der Waals surface area contributed by atoms with Crippen LogP contribution >= 0.6 is 0 Å². The van der Waals surface area contributed by atoms with Crippen LogP contribution in [0, 0.1) is 5.92 Å². The van der Waals surface area contributed by atoms with E-state index in [4.69, 9.17) is 10.8 Å². The Kier molecular flexibility index (Phi) is 5.05. The monoisotopic (exact) mass is 214 g/mol. The van der Waals surface area contributed by atoms with Crippen LogP contribution in [0.3, 0.4) is 0 Å². The fraction of sp³-hybridized carbons (Fsp3) is 0.909. The number of hydrogen-bond acceptors (Lipinski definition) is 3. The molecular formula is C11H22N2O2. The van der Waals surface area contributed by atoms with Gasteiger partial charge in [-0.2, -0.15) is 0 Å². The molecule has 1 aliphatic carbocycles. The van der Waals surface area contributed by atoms with Crippen LogP contribution in [0.5, 0.6) is 0 Å². The van der Waals surface area contributed by atoms with Crippen molar-refractivity contribution in [1.82, 2.24) is 5.32 Å². The molecule has 1 amide bonds. The highest BCUT2D eigenvalue weighted by atomic mass is 16.2. The van der Waals surface area contributed by atoms with E-state index in [9.17, 15) is 4.79 Å². The molecule has 15 heavy (non-hydrogen) atoms. The highest BCUT2D eigenvalue weighted by Gasteiger charge is 2.29. The van der Waals surface area contributed by atoms with Crippen molar-refractivity contribution in [2.45, 2.75) is 51.1 Å². The van der Waals surface area contributed by atoms with Gasteiger partial charge in [-0.25, -0.2) is 0 Å². The molecule has 2 atom stereocenters. The second-order valence-corrected chi connectivity index (χ2v) is 4.54. The summed E-state index contributed by atoms with van der Waals surface area (Å²) in [6, 6.07) is 0.172. The number of carbonyl (C=O) groups excluding carboxylic acids is 1. The zero-order valence-corrected chi connectivity index (χ0v) is 9.41.